The molecule has 1 amide bonds. The SMILES string of the molecule is O=C(N/N=C/c1ccc(F)s1)c1cccc([N+](=O)[O-])c1. The quantitative estimate of drug-likeness (QED) is 0.534. The van der Waals surface area contributed by atoms with E-state index in [2.05, 4.69) is 10.5 Å². The van der Waals surface area contributed by atoms with E-state index in [9.17, 15) is 19.3 Å². The average molecular weight is 293 g/mol. The van der Waals surface area contributed by atoms with Gasteiger partial charge in [0.25, 0.3) is 11.6 Å². The van der Waals surface area contributed by atoms with E-state index in [1.54, 1.807) is 0 Å². The molecule has 6 nitrogen and oxygen atoms in total. The molecule has 102 valence electrons. The van der Waals surface area contributed by atoms with Crippen molar-refractivity contribution < 1.29 is 14.1 Å². The number of benzene rings is 1. The van der Waals surface area contributed by atoms with Gasteiger partial charge in [0.05, 0.1) is 16.0 Å². The summed E-state index contributed by atoms with van der Waals surface area (Å²) < 4.78 is 12.7. The van der Waals surface area contributed by atoms with Crippen molar-refractivity contribution in [2.45, 2.75) is 0 Å². The van der Waals surface area contributed by atoms with Crippen molar-refractivity contribution in [3.63, 3.8) is 0 Å². The van der Waals surface area contributed by atoms with Gasteiger partial charge in [-0.2, -0.15) is 9.49 Å². The fourth-order valence-corrected chi connectivity index (χ4v) is 1.98. The lowest BCUT2D eigenvalue weighted by atomic mass is 10.2. The van der Waals surface area contributed by atoms with Crippen LogP contribution in [0.1, 0.15) is 15.2 Å². The first-order valence-electron chi connectivity index (χ1n) is 5.39. The largest absolute Gasteiger partial charge is 0.271 e. The second kappa shape index (κ2) is 6.02. The van der Waals surface area contributed by atoms with Crippen LogP contribution in [0.3, 0.4) is 0 Å². The third-order valence-corrected chi connectivity index (χ3v) is 3.08. The standard InChI is InChI=1S/C12H8FN3O3S/c13-11-5-4-10(20-11)7-14-15-12(17)8-2-1-3-9(6-8)16(18)19/h1-7H,(H,15,17)/b14-7+. The number of halogens is 1. The van der Waals surface area contributed by atoms with Crippen LogP contribution in [-0.4, -0.2) is 17.0 Å². The fourth-order valence-electron chi connectivity index (χ4n) is 1.38. The third kappa shape index (κ3) is 3.45. The number of hydrazone groups is 1. The van der Waals surface area contributed by atoms with Gasteiger partial charge in [0.1, 0.15) is 0 Å². The van der Waals surface area contributed by atoms with Crippen LogP contribution < -0.4 is 5.43 Å². The van der Waals surface area contributed by atoms with E-state index in [0.717, 1.165) is 17.4 Å². The van der Waals surface area contributed by atoms with E-state index in [0.29, 0.717) is 4.88 Å². The molecule has 0 unspecified atom stereocenters. The molecule has 0 bridgehead atoms. The molecular weight excluding hydrogens is 285 g/mol. The summed E-state index contributed by atoms with van der Waals surface area (Å²) in [5.74, 6) is -0.582. The summed E-state index contributed by atoms with van der Waals surface area (Å²) >= 11 is 0.885. The van der Waals surface area contributed by atoms with Crippen molar-refractivity contribution in [1.82, 2.24) is 5.43 Å². The molecule has 1 heterocycles. The predicted octanol–water partition coefficient (Wildman–Crippen LogP) is 2.56. The predicted molar refractivity (Wildman–Crippen MR) is 72.4 cm³/mol. The lowest BCUT2D eigenvalue weighted by Crippen LogP contribution is -2.17. The Morgan fingerprint density at radius 3 is 2.85 bits per heavy atom. The zero-order chi connectivity index (χ0) is 14.5. The van der Waals surface area contributed by atoms with E-state index in [1.807, 2.05) is 0 Å². The number of nitrogens with one attached hydrogen (secondary N) is 1. The van der Waals surface area contributed by atoms with E-state index >= 15 is 0 Å². The average Bonchev–Trinajstić information content (AvgIpc) is 2.84. The van der Waals surface area contributed by atoms with Crippen LogP contribution in [0.5, 0.6) is 0 Å². The highest BCUT2D eigenvalue weighted by Crippen LogP contribution is 2.13. The zero-order valence-corrected chi connectivity index (χ0v) is 10.8. The van der Waals surface area contributed by atoms with Gasteiger partial charge in [-0.25, -0.2) is 5.43 Å². The Bertz CT molecular complexity index is 684. The molecule has 0 saturated heterocycles. The minimum atomic E-state index is -0.589. The topological polar surface area (TPSA) is 84.6 Å². The Morgan fingerprint density at radius 1 is 1.40 bits per heavy atom. The number of amides is 1. The molecule has 8 heteroatoms. The minimum absolute atomic E-state index is 0.119. The fraction of sp³-hybridized carbons (Fsp3) is 0. The number of nitro benzene ring substituents is 1. The smallest absolute Gasteiger partial charge is 0.267 e. The summed E-state index contributed by atoms with van der Waals surface area (Å²) in [7, 11) is 0. The lowest BCUT2D eigenvalue weighted by Gasteiger charge is -1.99. The van der Waals surface area contributed by atoms with Crippen molar-refractivity contribution in [2.75, 3.05) is 0 Å². The van der Waals surface area contributed by atoms with Crippen molar-refractivity contribution >= 4 is 29.1 Å². The molecule has 0 atom stereocenters. The van der Waals surface area contributed by atoms with Gasteiger partial charge in [0.2, 0.25) is 0 Å². The van der Waals surface area contributed by atoms with Crippen LogP contribution in [0.2, 0.25) is 0 Å². The first kappa shape index (κ1) is 13.8. The Hall–Kier alpha value is -2.61. The molecular formula is C12H8FN3O3S. The zero-order valence-electron chi connectivity index (χ0n) is 9.95. The van der Waals surface area contributed by atoms with Crippen molar-refractivity contribution in [1.29, 1.82) is 0 Å². The van der Waals surface area contributed by atoms with Crippen LogP contribution in [0.25, 0.3) is 0 Å². The summed E-state index contributed by atoms with van der Waals surface area (Å²) in [4.78, 5) is 22.2. The Balaban J connectivity index is 2.03. The monoisotopic (exact) mass is 293 g/mol. The van der Waals surface area contributed by atoms with E-state index in [-0.39, 0.29) is 16.4 Å². The second-order valence-electron chi connectivity index (χ2n) is 3.65. The first-order chi connectivity index (χ1) is 9.56. The van der Waals surface area contributed by atoms with Gasteiger partial charge < -0.3 is 0 Å². The highest BCUT2D eigenvalue weighted by atomic mass is 32.1. The van der Waals surface area contributed by atoms with E-state index in [1.165, 1.54) is 36.5 Å². The summed E-state index contributed by atoms with van der Waals surface area (Å²) in [5, 5.41) is 13.9. The molecule has 2 rings (SSSR count). The number of hydrogen-bond acceptors (Lipinski definition) is 5. The molecule has 0 aliphatic heterocycles. The molecule has 0 radical (unpaired) electrons. The van der Waals surface area contributed by atoms with E-state index < -0.39 is 10.8 Å². The van der Waals surface area contributed by atoms with Crippen LogP contribution in [0.4, 0.5) is 10.1 Å². The molecule has 20 heavy (non-hydrogen) atoms. The number of carbonyl (C=O) groups is 1. The van der Waals surface area contributed by atoms with Gasteiger partial charge >= 0.3 is 0 Å². The van der Waals surface area contributed by atoms with Crippen LogP contribution in [0, 0.1) is 15.2 Å². The molecule has 1 aromatic heterocycles. The summed E-state index contributed by atoms with van der Waals surface area (Å²) in [6, 6.07) is 8.08. The number of carbonyl (C=O) groups excluding carboxylic acids is 1. The number of hydrogen-bond donors (Lipinski definition) is 1. The van der Waals surface area contributed by atoms with Crippen LogP contribution in [-0.2, 0) is 0 Å². The molecule has 0 spiro atoms. The van der Waals surface area contributed by atoms with Crippen LogP contribution >= 0.6 is 11.3 Å². The van der Waals surface area contributed by atoms with Gasteiger partial charge in [-0.1, -0.05) is 6.07 Å². The van der Waals surface area contributed by atoms with Crippen molar-refractivity contribution in [3.8, 4) is 0 Å². The maximum Gasteiger partial charge on any atom is 0.271 e. The highest BCUT2D eigenvalue weighted by Gasteiger charge is 2.10. The number of rotatable bonds is 4. The molecule has 0 aliphatic carbocycles. The van der Waals surface area contributed by atoms with Crippen molar-refractivity contribution in [2.24, 2.45) is 5.10 Å². The molecule has 1 N–H and O–H groups in total. The lowest BCUT2D eigenvalue weighted by molar-refractivity contribution is -0.384. The van der Waals surface area contributed by atoms with Crippen molar-refractivity contribution in [3.05, 3.63) is 62.1 Å². The van der Waals surface area contributed by atoms with Gasteiger partial charge in [0, 0.05) is 17.7 Å². The van der Waals surface area contributed by atoms with Crippen LogP contribution in [0.15, 0.2) is 41.5 Å². The van der Waals surface area contributed by atoms with Gasteiger partial charge in [0.15, 0.2) is 5.13 Å². The molecule has 2 aromatic rings. The summed E-state index contributed by atoms with van der Waals surface area (Å²) in [6.45, 7) is 0. The maximum atomic E-state index is 12.7. The normalized spacial score (nSPS) is 10.7. The molecule has 1 aromatic carbocycles. The maximum absolute atomic E-state index is 12.7. The number of non-ortho nitro benzene ring substituents is 1. The second-order valence-corrected chi connectivity index (χ2v) is 4.71. The first-order valence-corrected chi connectivity index (χ1v) is 6.21. The van der Waals surface area contributed by atoms with Gasteiger partial charge in [-0.05, 0) is 18.2 Å². The number of nitro groups is 1. The third-order valence-electron chi connectivity index (χ3n) is 2.27. The highest BCUT2D eigenvalue weighted by molar-refractivity contribution is 7.12. The Morgan fingerprint density at radius 2 is 2.20 bits per heavy atom. The minimum Gasteiger partial charge on any atom is -0.267 e. The summed E-state index contributed by atoms with van der Waals surface area (Å²) in [6.07, 6.45) is 1.29. The van der Waals surface area contributed by atoms with E-state index in [4.69, 9.17) is 0 Å². The molecule has 0 aliphatic rings. The Kier molecular flexibility index (Phi) is 4.16. The number of thiophene rings is 1. The Labute approximate surface area is 116 Å². The van der Waals surface area contributed by atoms with Gasteiger partial charge in [-0.3, -0.25) is 14.9 Å². The molecule has 0 saturated carbocycles. The summed E-state index contributed by atoms with van der Waals surface area (Å²) in [5.41, 5.74) is 2.16. The molecule has 0 fully saturated rings. The van der Waals surface area contributed by atoms with Gasteiger partial charge in [-0.15, -0.1) is 11.3 Å². The number of nitrogens with zero attached hydrogens (tertiary/aromatic N) is 2.